The SMILES string of the molecule is CCC(=O)N1CC(Nc2cc(C(=O)NC[C@H](O)CN3CCc4c(ccc(OCc5cnco5)c4Cl)C3)ccn2)C1. The Morgan fingerprint density at radius 3 is 2.92 bits per heavy atom. The molecule has 2 aromatic heterocycles. The van der Waals surface area contributed by atoms with Gasteiger partial charge in [0.25, 0.3) is 5.91 Å². The molecule has 0 radical (unpaired) electrons. The molecule has 2 aliphatic heterocycles. The number of rotatable bonds is 11. The largest absolute Gasteiger partial charge is 0.484 e. The molecule has 4 heterocycles. The fourth-order valence-corrected chi connectivity index (χ4v) is 5.24. The number of aliphatic hydroxyl groups excluding tert-OH is 1. The van der Waals surface area contributed by atoms with Crippen molar-refractivity contribution in [3.63, 3.8) is 0 Å². The quantitative estimate of drug-likeness (QED) is 0.319. The van der Waals surface area contributed by atoms with Gasteiger partial charge in [-0.1, -0.05) is 24.6 Å². The van der Waals surface area contributed by atoms with Crippen LogP contribution in [0, 0.1) is 0 Å². The highest BCUT2D eigenvalue weighted by molar-refractivity contribution is 6.33. The number of carbonyl (C=O) groups is 2. The summed E-state index contributed by atoms with van der Waals surface area (Å²) in [6, 6.07) is 7.28. The van der Waals surface area contributed by atoms with E-state index in [1.807, 2.05) is 19.1 Å². The maximum atomic E-state index is 12.7. The highest BCUT2D eigenvalue weighted by atomic mass is 35.5. The molecule has 2 amide bonds. The maximum Gasteiger partial charge on any atom is 0.251 e. The number of oxazole rings is 1. The first-order valence-corrected chi connectivity index (χ1v) is 13.8. The molecule has 1 atom stereocenters. The third-order valence-electron chi connectivity index (χ3n) is 7.11. The molecule has 1 fully saturated rings. The lowest BCUT2D eigenvalue weighted by Gasteiger charge is -2.39. The summed E-state index contributed by atoms with van der Waals surface area (Å²) in [5.41, 5.74) is 2.59. The van der Waals surface area contributed by atoms with Crippen molar-refractivity contribution in [2.24, 2.45) is 0 Å². The number of nitrogens with one attached hydrogen (secondary N) is 2. The summed E-state index contributed by atoms with van der Waals surface area (Å²) in [5.74, 6) is 1.65. The zero-order valence-electron chi connectivity index (χ0n) is 22.3. The van der Waals surface area contributed by atoms with Gasteiger partial charge in [-0.2, -0.15) is 0 Å². The monoisotopic (exact) mass is 568 g/mol. The molecule has 2 aliphatic rings. The summed E-state index contributed by atoms with van der Waals surface area (Å²) in [7, 11) is 0. The number of β-amino-alcohol motifs (C(OH)–C–C–N with tert-alkyl or cyclic N) is 1. The number of halogens is 1. The van der Waals surface area contributed by atoms with E-state index in [0.717, 1.165) is 24.1 Å². The van der Waals surface area contributed by atoms with Crippen molar-refractivity contribution < 1.29 is 23.8 Å². The lowest BCUT2D eigenvalue weighted by atomic mass is 9.99. The van der Waals surface area contributed by atoms with E-state index < -0.39 is 6.10 Å². The average molecular weight is 569 g/mol. The first-order chi connectivity index (χ1) is 19.4. The molecule has 0 aliphatic carbocycles. The Hall–Kier alpha value is -3.67. The first kappa shape index (κ1) is 27.9. The van der Waals surface area contributed by atoms with E-state index >= 15 is 0 Å². The molecule has 0 saturated carbocycles. The standard InChI is InChI=1S/C28H33ClN6O5/c1-2-26(37)35-13-20(14-35)33-25-9-18(5-7-31-25)28(38)32-10-21(36)15-34-8-6-23-19(12-34)3-4-24(27(23)29)39-16-22-11-30-17-40-22/h3-5,7,9,11,17,20-21,36H,2,6,8,10,12-16H2,1H3,(H,31,33)(H,32,38)/t21-/m0/s1. The van der Waals surface area contributed by atoms with Crippen molar-refractivity contribution in [1.82, 2.24) is 25.1 Å². The number of pyridine rings is 1. The second kappa shape index (κ2) is 12.7. The third kappa shape index (κ3) is 6.72. The van der Waals surface area contributed by atoms with Gasteiger partial charge >= 0.3 is 0 Å². The van der Waals surface area contributed by atoms with Crippen LogP contribution in [-0.4, -0.2) is 81.6 Å². The Labute approximate surface area is 237 Å². The molecule has 12 heteroatoms. The molecular weight excluding hydrogens is 536 g/mol. The van der Waals surface area contributed by atoms with E-state index in [4.69, 9.17) is 20.8 Å². The number of benzene rings is 1. The van der Waals surface area contributed by atoms with E-state index in [0.29, 0.717) is 60.5 Å². The summed E-state index contributed by atoms with van der Waals surface area (Å²) >= 11 is 6.63. The number of hydrogen-bond donors (Lipinski definition) is 3. The van der Waals surface area contributed by atoms with Crippen molar-refractivity contribution in [2.45, 2.75) is 45.1 Å². The van der Waals surface area contributed by atoms with Crippen molar-refractivity contribution in [3.8, 4) is 5.75 Å². The van der Waals surface area contributed by atoms with Gasteiger partial charge in [-0.05, 0) is 35.7 Å². The molecule has 212 valence electrons. The van der Waals surface area contributed by atoms with Gasteiger partial charge in [0.1, 0.15) is 18.2 Å². The number of aromatic nitrogens is 2. The number of likely N-dealkylation sites (tertiary alicyclic amines) is 1. The molecule has 0 spiro atoms. The number of ether oxygens (including phenoxy) is 1. The molecule has 3 aromatic rings. The number of anilines is 1. The Bertz CT molecular complexity index is 1330. The number of aliphatic hydroxyl groups is 1. The van der Waals surface area contributed by atoms with Gasteiger partial charge in [0, 0.05) is 57.4 Å². The molecule has 40 heavy (non-hydrogen) atoms. The van der Waals surface area contributed by atoms with E-state index in [9.17, 15) is 14.7 Å². The number of nitrogens with zero attached hydrogens (tertiary/aromatic N) is 4. The number of amides is 2. The number of hydrogen-bond acceptors (Lipinski definition) is 9. The van der Waals surface area contributed by atoms with E-state index in [-0.39, 0.29) is 31.0 Å². The summed E-state index contributed by atoms with van der Waals surface area (Å²) in [4.78, 5) is 36.5. The highest BCUT2D eigenvalue weighted by Crippen LogP contribution is 2.34. The minimum atomic E-state index is -0.734. The minimum absolute atomic E-state index is 0.117. The van der Waals surface area contributed by atoms with Crippen molar-refractivity contribution in [2.75, 3.05) is 38.0 Å². The Morgan fingerprint density at radius 1 is 1.30 bits per heavy atom. The van der Waals surface area contributed by atoms with Crippen LogP contribution >= 0.6 is 11.6 Å². The van der Waals surface area contributed by atoms with Gasteiger partial charge < -0.3 is 29.8 Å². The van der Waals surface area contributed by atoms with E-state index in [2.05, 4.69) is 25.5 Å². The molecule has 0 unspecified atom stereocenters. The van der Waals surface area contributed by atoms with Crippen molar-refractivity contribution >= 4 is 29.2 Å². The average Bonchev–Trinajstić information content (AvgIpc) is 3.46. The van der Waals surface area contributed by atoms with Crippen LogP contribution < -0.4 is 15.4 Å². The third-order valence-corrected chi connectivity index (χ3v) is 7.52. The number of carbonyl (C=O) groups excluding carboxylic acids is 2. The smallest absolute Gasteiger partial charge is 0.251 e. The lowest BCUT2D eigenvalue weighted by Crippen LogP contribution is -2.56. The lowest BCUT2D eigenvalue weighted by molar-refractivity contribution is -0.134. The van der Waals surface area contributed by atoms with Crippen LogP contribution in [0.2, 0.25) is 5.02 Å². The fourth-order valence-electron chi connectivity index (χ4n) is 4.91. The zero-order valence-corrected chi connectivity index (χ0v) is 23.1. The van der Waals surface area contributed by atoms with E-state index in [1.165, 1.54) is 6.39 Å². The van der Waals surface area contributed by atoms with Gasteiger partial charge in [0.05, 0.1) is 23.4 Å². The van der Waals surface area contributed by atoms with Crippen LogP contribution in [0.25, 0.3) is 0 Å². The van der Waals surface area contributed by atoms with Gasteiger partial charge in [0.15, 0.2) is 12.2 Å². The Morgan fingerprint density at radius 2 is 2.15 bits per heavy atom. The molecular formula is C28H33ClN6O5. The van der Waals surface area contributed by atoms with Crippen molar-refractivity contribution in [1.29, 1.82) is 0 Å². The molecule has 5 rings (SSSR count). The van der Waals surface area contributed by atoms with Crippen LogP contribution in [0.4, 0.5) is 5.82 Å². The molecule has 11 nitrogen and oxygen atoms in total. The normalized spacial score (nSPS) is 16.1. The second-order valence-corrected chi connectivity index (χ2v) is 10.4. The van der Waals surface area contributed by atoms with Crippen LogP contribution in [0.3, 0.4) is 0 Å². The van der Waals surface area contributed by atoms with Gasteiger partial charge in [-0.25, -0.2) is 9.97 Å². The molecule has 0 bridgehead atoms. The topological polar surface area (TPSA) is 133 Å². The van der Waals surface area contributed by atoms with Crippen molar-refractivity contribution in [3.05, 3.63) is 70.5 Å². The Balaban J connectivity index is 1.07. The minimum Gasteiger partial charge on any atom is -0.484 e. The van der Waals surface area contributed by atoms with Crippen LogP contribution in [0.15, 0.2) is 47.5 Å². The molecule has 1 saturated heterocycles. The van der Waals surface area contributed by atoms with Crippen LogP contribution in [0.5, 0.6) is 5.75 Å². The fraction of sp³-hybridized carbons (Fsp3) is 0.429. The summed E-state index contributed by atoms with van der Waals surface area (Å²) in [6.45, 7) is 5.26. The second-order valence-electron chi connectivity index (χ2n) is 10.0. The van der Waals surface area contributed by atoms with Crippen LogP contribution in [0.1, 0.15) is 40.6 Å². The molecule has 1 aromatic carbocycles. The zero-order chi connectivity index (χ0) is 28.1. The predicted molar refractivity (Wildman–Crippen MR) is 148 cm³/mol. The molecule has 3 N–H and O–H groups in total. The summed E-state index contributed by atoms with van der Waals surface area (Å²) in [6.07, 6.45) is 5.02. The highest BCUT2D eigenvalue weighted by Gasteiger charge is 2.30. The first-order valence-electron chi connectivity index (χ1n) is 13.4. The van der Waals surface area contributed by atoms with E-state index in [1.54, 1.807) is 29.4 Å². The van der Waals surface area contributed by atoms with Gasteiger partial charge in [0.2, 0.25) is 5.91 Å². The summed E-state index contributed by atoms with van der Waals surface area (Å²) in [5, 5.41) is 17.3. The Kier molecular flexibility index (Phi) is 8.83. The predicted octanol–water partition coefficient (Wildman–Crippen LogP) is 2.48. The maximum absolute atomic E-state index is 12.7. The van der Waals surface area contributed by atoms with Gasteiger partial charge in [-0.15, -0.1) is 0 Å². The summed E-state index contributed by atoms with van der Waals surface area (Å²) < 4.78 is 11.0. The number of fused-ring (bicyclic) bond motifs is 1. The van der Waals surface area contributed by atoms with Gasteiger partial charge in [-0.3, -0.25) is 14.5 Å². The van der Waals surface area contributed by atoms with Crippen LogP contribution in [-0.2, 0) is 24.4 Å².